The Bertz CT molecular complexity index is 233. The fraction of sp³-hybridized carbons (Fsp3) is 0.714. The van der Waals surface area contributed by atoms with E-state index in [2.05, 4.69) is 26.7 Å². The van der Waals surface area contributed by atoms with Crippen molar-refractivity contribution in [3.63, 3.8) is 0 Å². The molecule has 0 aliphatic heterocycles. The number of nitrogens with zero attached hydrogens (tertiary/aromatic N) is 3. The van der Waals surface area contributed by atoms with Gasteiger partial charge in [-0.05, 0) is 21.0 Å². The molecule has 1 aromatic heterocycles. The minimum atomic E-state index is 0.846. The monoisotopic (exact) mass is 186 g/mol. The van der Waals surface area contributed by atoms with Gasteiger partial charge >= 0.3 is 0 Å². The highest BCUT2D eigenvalue weighted by atomic mass is 32.1. The summed E-state index contributed by atoms with van der Waals surface area (Å²) in [5.74, 6) is 0. The van der Waals surface area contributed by atoms with Crippen molar-refractivity contribution in [2.45, 2.75) is 13.5 Å². The maximum atomic E-state index is 4.04. The molecule has 0 aliphatic rings. The Hall–Kier alpha value is -0.680. The first kappa shape index (κ1) is 9.41. The third kappa shape index (κ3) is 2.42. The lowest BCUT2D eigenvalue weighted by molar-refractivity contribution is 0.397. The van der Waals surface area contributed by atoms with Crippen LogP contribution in [0.4, 0.5) is 5.00 Å². The Morgan fingerprint density at radius 2 is 2.25 bits per heavy atom. The zero-order valence-corrected chi connectivity index (χ0v) is 8.48. The summed E-state index contributed by atoms with van der Waals surface area (Å²) in [6, 6.07) is 0. The Morgan fingerprint density at radius 3 is 2.83 bits per heavy atom. The lowest BCUT2D eigenvalue weighted by atomic mass is 10.4. The van der Waals surface area contributed by atoms with Crippen LogP contribution < -0.4 is 5.32 Å². The van der Waals surface area contributed by atoms with E-state index in [0.29, 0.717) is 0 Å². The van der Waals surface area contributed by atoms with Crippen LogP contribution in [0.3, 0.4) is 0 Å². The smallest absolute Gasteiger partial charge is 0.134 e. The second-order valence-electron chi connectivity index (χ2n) is 2.82. The molecule has 0 saturated heterocycles. The molecule has 68 valence electrons. The number of hydrogen-bond acceptors (Lipinski definition) is 5. The SMILES string of the molecule is CCNc1snnc1CN(C)C. The first-order valence-corrected chi connectivity index (χ1v) is 4.71. The molecule has 0 fully saturated rings. The highest BCUT2D eigenvalue weighted by Crippen LogP contribution is 2.17. The second kappa shape index (κ2) is 4.37. The van der Waals surface area contributed by atoms with Gasteiger partial charge in [-0.3, -0.25) is 0 Å². The summed E-state index contributed by atoms with van der Waals surface area (Å²) < 4.78 is 3.90. The fourth-order valence-corrected chi connectivity index (χ4v) is 1.55. The van der Waals surface area contributed by atoms with Crippen LogP contribution in [0.15, 0.2) is 0 Å². The summed E-state index contributed by atoms with van der Waals surface area (Å²) in [6.07, 6.45) is 0. The van der Waals surface area contributed by atoms with Gasteiger partial charge < -0.3 is 10.2 Å². The molecule has 0 radical (unpaired) electrons. The Morgan fingerprint density at radius 1 is 1.50 bits per heavy atom. The van der Waals surface area contributed by atoms with E-state index in [4.69, 9.17) is 0 Å². The molecule has 1 rings (SSSR count). The minimum absolute atomic E-state index is 0.846. The lowest BCUT2D eigenvalue weighted by Gasteiger charge is -2.07. The summed E-state index contributed by atoms with van der Waals surface area (Å²) in [6.45, 7) is 3.84. The van der Waals surface area contributed by atoms with E-state index in [9.17, 15) is 0 Å². The molecule has 0 saturated carbocycles. The van der Waals surface area contributed by atoms with Crippen LogP contribution in [0.25, 0.3) is 0 Å². The number of hydrogen-bond donors (Lipinski definition) is 1. The highest BCUT2D eigenvalue weighted by Gasteiger charge is 2.06. The van der Waals surface area contributed by atoms with E-state index in [0.717, 1.165) is 23.8 Å². The molecule has 4 nitrogen and oxygen atoms in total. The van der Waals surface area contributed by atoms with Crippen molar-refractivity contribution in [1.82, 2.24) is 14.5 Å². The first-order valence-electron chi connectivity index (χ1n) is 3.94. The van der Waals surface area contributed by atoms with Gasteiger partial charge in [-0.25, -0.2) is 0 Å². The third-order valence-corrected chi connectivity index (χ3v) is 2.08. The van der Waals surface area contributed by atoms with E-state index in [1.165, 1.54) is 11.5 Å². The molecule has 5 heteroatoms. The van der Waals surface area contributed by atoms with Crippen molar-refractivity contribution in [1.29, 1.82) is 0 Å². The Labute approximate surface area is 76.8 Å². The van der Waals surface area contributed by atoms with Crippen molar-refractivity contribution in [3.05, 3.63) is 5.69 Å². The van der Waals surface area contributed by atoms with Gasteiger partial charge in [0.15, 0.2) is 0 Å². The molecule has 1 aromatic rings. The van der Waals surface area contributed by atoms with Crippen LogP contribution in [0.1, 0.15) is 12.6 Å². The molecule has 0 bridgehead atoms. The van der Waals surface area contributed by atoms with Crippen LogP contribution in [-0.2, 0) is 6.54 Å². The molecule has 0 aromatic carbocycles. The number of aromatic nitrogens is 2. The van der Waals surface area contributed by atoms with E-state index in [-0.39, 0.29) is 0 Å². The van der Waals surface area contributed by atoms with Gasteiger partial charge in [0.25, 0.3) is 0 Å². The van der Waals surface area contributed by atoms with Crippen molar-refractivity contribution < 1.29 is 0 Å². The van der Waals surface area contributed by atoms with E-state index in [1.807, 2.05) is 14.1 Å². The van der Waals surface area contributed by atoms with Crippen LogP contribution >= 0.6 is 11.5 Å². The summed E-state index contributed by atoms with van der Waals surface area (Å²) in [7, 11) is 4.05. The maximum Gasteiger partial charge on any atom is 0.134 e. The quantitative estimate of drug-likeness (QED) is 0.762. The molecule has 0 aliphatic carbocycles. The van der Waals surface area contributed by atoms with E-state index < -0.39 is 0 Å². The van der Waals surface area contributed by atoms with Gasteiger partial charge in [0.1, 0.15) is 10.7 Å². The first-order chi connectivity index (χ1) is 5.74. The topological polar surface area (TPSA) is 41.1 Å². The summed E-state index contributed by atoms with van der Waals surface area (Å²) in [5.41, 5.74) is 1.03. The third-order valence-electron chi connectivity index (χ3n) is 1.36. The van der Waals surface area contributed by atoms with Gasteiger partial charge in [0.05, 0.1) is 0 Å². The Balaban J connectivity index is 2.63. The zero-order valence-electron chi connectivity index (χ0n) is 7.66. The van der Waals surface area contributed by atoms with Gasteiger partial charge in [0, 0.05) is 24.6 Å². The number of anilines is 1. The normalized spacial score (nSPS) is 10.7. The number of rotatable bonds is 4. The van der Waals surface area contributed by atoms with Crippen molar-refractivity contribution in [3.8, 4) is 0 Å². The van der Waals surface area contributed by atoms with Gasteiger partial charge in [0.2, 0.25) is 0 Å². The van der Waals surface area contributed by atoms with E-state index >= 15 is 0 Å². The second-order valence-corrected chi connectivity index (χ2v) is 3.57. The van der Waals surface area contributed by atoms with Gasteiger partial charge in [-0.1, -0.05) is 4.49 Å². The van der Waals surface area contributed by atoms with Crippen LogP contribution in [0.5, 0.6) is 0 Å². The van der Waals surface area contributed by atoms with Gasteiger partial charge in [-0.15, -0.1) is 5.10 Å². The molecule has 0 atom stereocenters. The minimum Gasteiger partial charge on any atom is -0.374 e. The van der Waals surface area contributed by atoms with Crippen LogP contribution in [0, 0.1) is 0 Å². The molecule has 0 unspecified atom stereocenters. The summed E-state index contributed by atoms with van der Waals surface area (Å²) in [4.78, 5) is 2.08. The van der Waals surface area contributed by atoms with Crippen LogP contribution in [0.2, 0.25) is 0 Å². The van der Waals surface area contributed by atoms with E-state index in [1.54, 1.807) is 0 Å². The van der Waals surface area contributed by atoms with Crippen molar-refractivity contribution in [2.75, 3.05) is 26.0 Å². The average Bonchev–Trinajstić information content (AvgIpc) is 2.37. The molecule has 1 N–H and O–H groups in total. The molecule has 12 heavy (non-hydrogen) atoms. The number of nitrogens with one attached hydrogen (secondary N) is 1. The largest absolute Gasteiger partial charge is 0.374 e. The standard InChI is InChI=1S/C7H14N4S/c1-4-8-7-6(5-11(2)3)9-10-12-7/h8H,4-5H2,1-3H3. The predicted octanol–water partition coefficient (Wildman–Crippen LogP) is 1.03. The Kier molecular flexibility index (Phi) is 3.43. The summed E-state index contributed by atoms with van der Waals surface area (Å²) >= 11 is 1.42. The predicted molar refractivity (Wildman–Crippen MR) is 51.5 cm³/mol. The maximum absolute atomic E-state index is 4.04. The highest BCUT2D eigenvalue weighted by molar-refractivity contribution is 7.10. The molecular formula is C7H14N4S. The van der Waals surface area contributed by atoms with Crippen LogP contribution in [-0.4, -0.2) is 35.1 Å². The lowest BCUT2D eigenvalue weighted by Crippen LogP contribution is -2.12. The average molecular weight is 186 g/mol. The zero-order chi connectivity index (χ0) is 8.97. The molecule has 0 spiro atoms. The molecular weight excluding hydrogens is 172 g/mol. The molecule has 0 amide bonds. The van der Waals surface area contributed by atoms with Gasteiger partial charge in [-0.2, -0.15) is 0 Å². The van der Waals surface area contributed by atoms with Crippen molar-refractivity contribution in [2.24, 2.45) is 0 Å². The van der Waals surface area contributed by atoms with Crippen molar-refractivity contribution >= 4 is 16.5 Å². The fourth-order valence-electron chi connectivity index (χ4n) is 0.906. The summed E-state index contributed by atoms with van der Waals surface area (Å²) in [5, 5.41) is 8.36. The molecule has 1 heterocycles.